The van der Waals surface area contributed by atoms with Gasteiger partial charge in [0.15, 0.2) is 0 Å². The lowest BCUT2D eigenvalue weighted by Gasteiger charge is -2.33. The molecule has 1 saturated heterocycles. The maximum absolute atomic E-state index is 5.61. The van der Waals surface area contributed by atoms with Crippen molar-refractivity contribution in [2.45, 2.75) is 39.7 Å². The third-order valence-corrected chi connectivity index (χ3v) is 3.28. The molecule has 1 heterocycles. The normalized spacial score (nSPS) is 25.9. The minimum Gasteiger partial charge on any atom is -0.381 e. The largest absolute Gasteiger partial charge is 0.381 e. The third kappa shape index (κ3) is 4.40. The molecule has 0 bridgehead atoms. The van der Waals surface area contributed by atoms with Gasteiger partial charge in [0, 0.05) is 31.2 Å². The van der Waals surface area contributed by atoms with Crippen LogP contribution in [0.25, 0.3) is 0 Å². The first-order valence-electron chi connectivity index (χ1n) is 6.58. The summed E-state index contributed by atoms with van der Waals surface area (Å²) in [6.45, 7) is 11.9. The van der Waals surface area contributed by atoms with E-state index in [1.165, 1.54) is 19.4 Å². The molecule has 1 rings (SSSR count). The third-order valence-electron chi connectivity index (χ3n) is 3.28. The van der Waals surface area contributed by atoms with Crippen LogP contribution in [0.4, 0.5) is 0 Å². The number of ether oxygens (including phenoxy) is 1. The van der Waals surface area contributed by atoms with Crippen LogP contribution in [-0.2, 0) is 4.74 Å². The molecule has 96 valence electrons. The Morgan fingerprint density at radius 3 is 2.69 bits per heavy atom. The Hall–Kier alpha value is -0.120. The van der Waals surface area contributed by atoms with Gasteiger partial charge >= 0.3 is 0 Å². The van der Waals surface area contributed by atoms with Gasteiger partial charge in [-0.05, 0) is 26.4 Å². The molecule has 0 amide bonds. The van der Waals surface area contributed by atoms with E-state index >= 15 is 0 Å². The van der Waals surface area contributed by atoms with Gasteiger partial charge in [-0.2, -0.15) is 0 Å². The second kappa shape index (κ2) is 6.58. The number of hydrogen-bond acceptors (Lipinski definition) is 3. The summed E-state index contributed by atoms with van der Waals surface area (Å²) in [7, 11) is 2.22. The summed E-state index contributed by atoms with van der Waals surface area (Å²) in [5, 5.41) is 3.57. The van der Waals surface area contributed by atoms with E-state index in [0.717, 1.165) is 26.3 Å². The molecule has 1 N–H and O–H groups in total. The summed E-state index contributed by atoms with van der Waals surface area (Å²) in [4.78, 5) is 2.44. The number of nitrogens with one attached hydrogen (secondary N) is 1. The van der Waals surface area contributed by atoms with Crippen molar-refractivity contribution in [2.75, 3.05) is 39.9 Å². The summed E-state index contributed by atoms with van der Waals surface area (Å²) in [6.07, 6.45) is 2.42. The van der Waals surface area contributed by atoms with Crippen LogP contribution in [0.3, 0.4) is 0 Å². The fraction of sp³-hybridized carbons (Fsp3) is 1.00. The van der Waals surface area contributed by atoms with Crippen LogP contribution in [0.5, 0.6) is 0 Å². The molecule has 0 spiro atoms. The molecule has 1 aliphatic rings. The van der Waals surface area contributed by atoms with E-state index < -0.39 is 0 Å². The first-order chi connectivity index (χ1) is 7.58. The molecule has 0 aliphatic carbocycles. The van der Waals surface area contributed by atoms with Gasteiger partial charge in [0.05, 0.1) is 6.61 Å². The van der Waals surface area contributed by atoms with Crippen molar-refractivity contribution in [1.29, 1.82) is 0 Å². The molecule has 1 atom stereocenters. The van der Waals surface area contributed by atoms with E-state index in [0.29, 0.717) is 11.5 Å². The Morgan fingerprint density at radius 2 is 2.19 bits per heavy atom. The summed E-state index contributed by atoms with van der Waals surface area (Å²) in [6, 6.07) is 0.564. The highest BCUT2D eigenvalue weighted by molar-refractivity contribution is 4.88. The average Bonchev–Trinajstić information content (AvgIpc) is 2.64. The Bertz CT molecular complexity index is 188. The summed E-state index contributed by atoms with van der Waals surface area (Å²) < 4.78 is 5.61. The highest BCUT2D eigenvalue weighted by Gasteiger charge is 2.35. The molecular formula is C13H28N2O. The first-order valence-corrected chi connectivity index (χ1v) is 6.58. The van der Waals surface area contributed by atoms with Crippen LogP contribution < -0.4 is 5.32 Å². The van der Waals surface area contributed by atoms with Crippen LogP contribution in [0, 0.1) is 5.41 Å². The molecule has 0 radical (unpaired) electrons. The maximum atomic E-state index is 5.61. The highest BCUT2D eigenvalue weighted by atomic mass is 16.5. The van der Waals surface area contributed by atoms with Crippen molar-refractivity contribution >= 4 is 0 Å². The van der Waals surface area contributed by atoms with Crippen molar-refractivity contribution in [3.8, 4) is 0 Å². The van der Waals surface area contributed by atoms with Crippen LogP contribution in [0.15, 0.2) is 0 Å². The predicted molar refractivity (Wildman–Crippen MR) is 68.8 cm³/mol. The molecule has 16 heavy (non-hydrogen) atoms. The fourth-order valence-electron chi connectivity index (χ4n) is 2.42. The molecular weight excluding hydrogens is 200 g/mol. The SMILES string of the molecule is CCCN(C)CC1(CNC(C)C)CCOC1. The highest BCUT2D eigenvalue weighted by Crippen LogP contribution is 2.28. The van der Waals surface area contributed by atoms with E-state index in [4.69, 9.17) is 4.74 Å². The smallest absolute Gasteiger partial charge is 0.0547 e. The van der Waals surface area contributed by atoms with Gasteiger partial charge in [0.2, 0.25) is 0 Å². The van der Waals surface area contributed by atoms with Crippen molar-refractivity contribution < 1.29 is 4.74 Å². The van der Waals surface area contributed by atoms with Crippen molar-refractivity contribution in [3.63, 3.8) is 0 Å². The molecule has 1 unspecified atom stereocenters. The minimum atomic E-state index is 0.341. The summed E-state index contributed by atoms with van der Waals surface area (Å²) in [5.41, 5.74) is 0.341. The molecule has 1 fully saturated rings. The summed E-state index contributed by atoms with van der Waals surface area (Å²) >= 11 is 0. The Balaban J connectivity index is 2.44. The first kappa shape index (κ1) is 13.9. The maximum Gasteiger partial charge on any atom is 0.0547 e. The van der Waals surface area contributed by atoms with Gasteiger partial charge in [-0.15, -0.1) is 0 Å². The number of hydrogen-bond donors (Lipinski definition) is 1. The molecule has 0 aromatic rings. The van der Waals surface area contributed by atoms with E-state index in [2.05, 4.69) is 38.0 Å². The molecule has 0 aromatic heterocycles. The van der Waals surface area contributed by atoms with E-state index in [9.17, 15) is 0 Å². The number of rotatable bonds is 7. The quantitative estimate of drug-likeness (QED) is 0.718. The van der Waals surface area contributed by atoms with Gasteiger partial charge in [0.25, 0.3) is 0 Å². The van der Waals surface area contributed by atoms with Crippen molar-refractivity contribution in [1.82, 2.24) is 10.2 Å². The molecule has 0 saturated carbocycles. The van der Waals surface area contributed by atoms with E-state index in [-0.39, 0.29) is 0 Å². The van der Waals surface area contributed by atoms with Crippen LogP contribution in [-0.4, -0.2) is 50.8 Å². The average molecular weight is 228 g/mol. The van der Waals surface area contributed by atoms with Crippen molar-refractivity contribution in [2.24, 2.45) is 5.41 Å². The zero-order valence-corrected chi connectivity index (χ0v) is 11.4. The monoisotopic (exact) mass is 228 g/mol. The number of nitrogens with zero attached hydrogens (tertiary/aromatic N) is 1. The Kier molecular flexibility index (Phi) is 5.73. The van der Waals surface area contributed by atoms with E-state index in [1.54, 1.807) is 0 Å². The van der Waals surface area contributed by atoms with E-state index in [1.807, 2.05) is 0 Å². The lowest BCUT2D eigenvalue weighted by Crippen LogP contribution is -2.45. The predicted octanol–water partition coefficient (Wildman–Crippen LogP) is 1.73. The second-order valence-electron chi connectivity index (χ2n) is 5.58. The molecule has 3 heteroatoms. The molecule has 0 aromatic carbocycles. The van der Waals surface area contributed by atoms with Gasteiger partial charge in [-0.3, -0.25) is 0 Å². The molecule has 3 nitrogen and oxygen atoms in total. The topological polar surface area (TPSA) is 24.5 Å². The second-order valence-corrected chi connectivity index (χ2v) is 5.58. The van der Waals surface area contributed by atoms with Crippen LogP contribution in [0.1, 0.15) is 33.6 Å². The Morgan fingerprint density at radius 1 is 1.44 bits per heavy atom. The lowest BCUT2D eigenvalue weighted by atomic mass is 9.86. The standard InChI is InChI=1S/C13H28N2O/c1-5-7-15(4)10-13(6-8-16-11-13)9-14-12(2)3/h12,14H,5-11H2,1-4H3. The lowest BCUT2D eigenvalue weighted by molar-refractivity contribution is 0.117. The van der Waals surface area contributed by atoms with Gasteiger partial charge in [-0.1, -0.05) is 20.8 Å². The zero-order valence-electron chi connectivity index (χ0n) is 11.4. The fourth-order valence-corrected chi connectivity index (χ4v) is 2.42. The zero-order chi connectivity index (χ0) is 12.0. The molecule has 1 aliphatic heterocycles. The van der Waals surface area contributed by atoms with Crippen LogP contribution >= 0.6 is 0 Å². The summed E-state index contributed by atoms with van der Waals surface area (Å²) in [5.74, 6) is 0. The van der Waals surface area contributed by atoms with Crippen LogP contribution in [0.2, 0.25) is 0 Å². The van der Waals surface area contributed by atoms with Gasteiger partial charge in [-0.25, -0.2) is 0 Å². The van der Waals surface area contributed by atoms with Crippen molar-refractivity contribution in [3.05, 3.63) is 0 Å². The van der Waals surface area contributed by atoms with Gasteiger partial charge < -0.3 is 15.0 Å². The van der Waals surface area contributed by atoms with Gasteiger partial charge in [0.1, 0.15) is 0 Å². The Labute approximate surface area is 101 Å². The minimum absolute atomic E-state index is 0.341.